The largest absolute Gasteiger partial charge is 0.497 e. The van der Waals surface area contributed by atoms with Crippen molar-refractivity contribution in [3.05, 3.63) is 87.4 Å². The lowest BCUT2D eigenvalue weighted by molar-refractivity contribution is -0.118. The number of nitrogens with zero attached hydrogens (tertiary/aromatic N) is 1. The van der Waals surface area contributed by atoms with Gasteiger partial charge in [-0.3, -0.25) is 9.59 Å². The molecule has 0 bridgehead atoms. The Hall–Kier alpha value is -3.65. The van der Waals surface area contributed by atoms with Crippen molar-refractivity contribution >= 4 is 39.6 Å². The van der Waals surface area contributed by atoms with Crippen molar-refractivity contribution in [2.24, 2.45) is 5.10 Å². The third-order valence-corrected chi connectivity index (χ3v) is 5.52. The fourth-order valence-corrected chi connectivity index (χ4v) is 3.44. The molecule has 170 valence electrons. The van der Waals surface area contributed by atoms with Crippen LogP contribution < -0.4 is 20.2 Å². The van der Waals surface area contributed by atoms with E-state index in [1.165, 1.54) is 13.3 Å². The van der Waals surface area contributed by atoms with Crippen LogP contribution >= 0.6 is 15.9 Å². The van der Waals surface area contributed by atoms with E-state index in [-0.39, 0.29) is 18.4 Å². The molecule has 3 aromatic carbocycles. The van der Waals surface area contributed by atoms with Crippen molar-refractivity contribution in [1.82, 2.24) is 5.43 Å². The number of anilines is 1. The van der Waals surface area contributed by atoms with E-state index in [4.69, 9.17) is 9.47 Å². The third kappa shape index (κ3) is 6.66. The number of aryl methyl sites for hydroxylation is 1. The fraction of sp³-hybridized carbons (Fsp3) is 0.160. The second kappa shape index (κ2) is 11.3. The molecular formula is C25H24BrN3O4. The Kier molecular flexibility index (Phi) is 8.21. The maximum absolute atomic E-state index is 12.3. The summed E-state index contributed by atoms with van der Waals surface area (Å²) in [6.45, 7) is 3.82. The van der Waals surface area contributed by atoms with Gasteiger partial charge in [-0.25, -0.2) is 5.43 Å². The van der Waals surface area contributed by atoms with Crippen LogP contribution in [0.4, 0.5) is 5.69 Å². The summed E-state index contributed by atoms with van der Waals surface area (Å²) in [5.74, 6) is 0.512. The summed E-state index contributed by atoms with van der Waals surface area (Å²) < 4.78 is 11.4. The van der Waals surface area contributed by atoms with E-state index in [1.807, 2.05) is 32.0 Å². The van der Waals surface area contributed by atoms with Crippen LogP contribution in [-0.2, 0) is 4.79 Å². The lowest BCUT2D eigenvalue weighted by Gasteiger charge is -2.12. The normalized spacial score (nSPS) is 10.7. The second-order valence-corrected chi connectivity index (χ2v) is 8.06. The van der Waals surface area contributed by atoms with Gasteiger partial charge in [0.15, 0.2) is 6.61 Å². The number of nitrogens with one attached hydrogen (secondary N) is 2. The molecule has 0 aliphatic carbocycles. The highest BCUT2D eigenvalue weighted by Crippen LogP contribution is 2.26. The Morgan fingerprint density at radius 1 is 1.06 bits per heavy atom. The number of hydrogen-bond donors (Lipinski definition) is 2. The molecule has 7 nitrogen and oxygen atoms in total. The summed E-state index contributed by atoms with van der Waals surface area (Å²) in [6.07, 6.45) is 1.51. The van der Waals surface area contributed by atoms with Gasteiger partial charge in [0.05, 0.1) is 17.8 Å². The maximum Gasteiger partial charge on any atom is 0.271 e. The first kappa shape index (κ1) is 24.0. The number of carbonyl (C=O) groups excluding carboxylic acids is 2. The van der Waals surface area contributed by atoms with Gasteiger partial charge in [0, 0.05) is 11.3 Å². The quantitative estimate of drug-likeness (QED) is 0.335. The zero-order valence-electron chi connectivity index (χ0n) is 18.5. The molecule has 0 aliphatic heterocycles. The Morgan fingerprint density at radius 3 is 2.61 bits per heavy atom. The molecule has 8 heteroatoms. The molecule has 0 atom stereocenters. The molecule has 0 spiro atoms. The van der Waals surface area contributed by atoms with E-state index in [1.54, 1.807) is 42.5 Å². The zero-order chi connectivity index (χ0) is 23.8. The van der Waals surface area contributed by atoms with Crippen molar-refractivity contribution in [3.63, 3.8) is 0 Å². The van der Waals surface area contributed by atoms with Gasteiger partial charge in [0.1, 0.15) is 11.5 Å². The van der Waals surface area contributed by atoms with Crippen LogP contribution in [0.1, 0.15) is 27.0 Å². The number of carbonyl (C=O) groups is 2. The van der Waals surface area contributed by atoms with Crippen LogP contribution in [0.25, 0.3) is 0 Å². The standard InChI is InChI=1S/C25H24BrN3O4/c1-16-6-4-9-22(17(16)2)28-24(30)15-33-23-11-10-18(12-21(23)26)14-27-29-25(31)19-7-5-8-20(13-19)32-3/h4-14H,15H2,1-3H3,(H,28,30)(H,29,31)/b27-14+. The molecule has 0 fully saturated rings. The van der Waals surface area contributed by atoms with Gasteiger partial charge in [-0.1, -0.05) is 18.2 Å². The molecule has 2 amide bonds. The average Bonchev–Trinajstić information content (AvgIpc) is 2.81. The predicted octanol–water partition coefficient (Wildman–Crippen LogP) is 4.86. The van der Waals surface area contributed by atoms with Gasteiger partial charge in [-0.05, 0) is 88.9 Å². The van der Waals surface area contributed by atoms with E-state index in [0.717, 1.165) is 22.4 Å². The maximum atomic E-state index is 12.3. The van der Waals surface area contributed by atoms with Crippen molar-refractivity contribution < 1.29 is 19.1 Å². The third-order valence-electron chi connectivity index (χ3n) is 4.91. The van der Waals surface area contributed by atoms with E-state index in [9.17, 15) is 9.59 Å². The van der Waals surface area contributed by atoms with Gasteiger partial charge in [-0.15, -0.1) is 0 Å². The Bertz CT molecular complexity index is 1190. The summed E-state index contributed by atoms with van der Waals surface area (Å²) in [6, 6.07) is 17.8. The topological polar surface area (TPSA) is 89.0 Å². The summed E-state index contributed by atoms with van der Waals surface area (Å²) >= 11 is 3.44. The first-order valence-corrected chi connectivity index (χ1v) is 10.9. The smallest absolute Gasteiger partial charge is 0.271 e. The number of methoxy groups -OCH3 is 1. The first-order chi connectivity index (χ1) is 15.9. The molecule has 0 saturated heterocycles. The highest BCUT2D eigenvalue weighted by Gasteiger charge is 2.09. The van der Waals surface area contributed by atoms with E-state index in [0.29, 0.717) is 21.5 Å². The molecule has 0 saturated carbocycles. The second-order valence-electron chi connectivity index (χ2n) is 7.21. The van der Waals surface area contributed by atoms with Crippen LogP contribution in [0.15, 0.2) is 70.2 Å². The van der Waals surface area contributed by atoms with Gasteiger partial charge in [0.2, 0.25) is 0 Å². The minimum atomic E-state index is -0.348. The number of hydrazone groups is 1. The Balaban J connectivity index is 1.54. The first-order valence-electron chi connectivity index (χ1n) is 10.1. The van der Waals surface area contributed by atoms with Crippen LogP contribution in [0.5, 0.6) is 11.5 Å². The summed E-state index contributed by atoms with van der Waals surface area (Å²) in [4.78, 5) is 24.5. The SMILES string of the molecule is COc1cccc(C(=O)N/N=C/c2ccc(OCC(=O)Nc3cccc(C)c3C)c(Br)c2)c1. The van der Waals surface area contributed by atoms with Crippen LogP contribution in [0, 0.1) is 13.8 Å². The van der Waals surface area contributed by atoms with Crippen molar-refractivity contribution in [3.8, 4) is 11.5 Å². The monoisotopic (exact) mass is 509 g/mol. The Labute approximate surface area is 200 Å². The van der Waals surface area contributed by atoms with Crippen molar-refractivity contribution in [1.29, 1.82) is 0 Å². The molecule has 3 rings (SSSR count). The van der Waals surface area contributed by atoms with Gasteiger partial charge in [-0.2, -0.15) is 5.10 Å². The number of hydrogen-bond acceptors (Lipinski definition) is 5. The Morgan fingerprint density at radius 2 is 1.85 bits per heavy atom. The number of amides is 2. The fourth-order valence-electron chi connectivity index (χ4n) is 2.92. The molecular weight excluding hydrogens is 486 g/mol. The van der Waals surface area contributed by atoms with Gasteiger partial charge in [0.25, 0.3) is 11.8 Å². The van der Waals surface area contributed by atoms with Crippen LogP contribution in [0.2, 0.25) is 0 Å². The van der Waals surface area contributed by atoms with Crippen molar-refractivity contribution in [2.75, 3.05) is 19.0 Å². The number of halogens is 1. The molecule has 0 radical (unpaired) electrons. The highest BCUT2D eigenvalue weighted by atomic mass is 79.9. The van der Waals surface area contributed by atoms with Gasteiger partial charge < -0.3 is 14.8 Å². The molecule has 0 aliphatic rings. The molecule has 0 aromatic heterocycles. The molecule has 33 heavy (non-hydrogen) atoms. The number of rotatable bonds is 8. The number of ether oxygens (including phenoxy) is 2. The average molecular weight is 510 g/mol. The molecule has 0 heterocycles. The minimum absolute atomic E-state index is 0.129. The molecule has 0 unspecified atom stereocenters. The van der Waals surface area contributed by atoms with Crippen LogP contribution in [0.3, 0.4) is 0 Å². The predicted molar refractivity (Wildman–Crippen MR) is 132 cm³/mol. The van der Waals surface area contributed by atoms with Gasteiger partial charge >= 0.3 is 0 Å². The van der Waals surface area contributed by atoms with Crippen molar-refractivity contribution in [2.45, 2.75) is 13.8 Å². The summed E-state index contributed by atoms with van der Waals surface area (Å²) in [7, 11) is 1.54. The summed E-state index contributed by atoms with van der Waals surface area (Å²) in [5, 5.41) is 6.85. The van der Waals surface area contributed by atoms with E-state index < -0.39 is 0 Å². The van der Waals surface area contributed by atoms with E-state index in [2.05, 4.69) is 31.8 Å². The highest BCUT2D eigenvalue weighted by molar-refractivity contribution is 9.10. The molecule has 3 aromatic rings. The lowest BCUT2D eigenvalue weighted by Crippen LogP contribution is -2.21. The van der Waals surface area contributed by atoms with Crippen LogP contribution in [-0.4, -0.2) is 31.7 Å². The van der Waals surface area contributed by atoms with E-state index >= 15 is 0 Å². The summed E-state index contributed by atoms with van der Waals surface area (Å²) in [5.41, 5.74) is 6.55. The number of benzene rings is 3. The minimum Gasteiger partial charge on any atom is -0.497 e. The lowest BCUT2D eigenvalue weighted by atomic mass is 10.1. The molecule has 2 N–H and O–H groups in total. The zero-order valence-corrected chi connectivity index (χ0v) is 20.1.